The summed E-state index contributed by atoms with van der Waals surface area (Å²) in [5.74, 6) is -1.22. The topological polar surface area (TPSA) is 49.4 Å². The predicted molar refractivity (Wildman–Crippen MR) is 99.3 cm³/mol. The van der Waals surface area contributed by atoms with Crippen molar-refractivity contribution >= 4 is 35.0 Å². The van der Waals surface area contributed by atoms with Crippen LogP contribution in [0.1, 0.15) is 33.6 Å². The molecule has 0 saturated carbocycles. The fourth-order valence-corrected chi connectivity index (χ4v) is 3.33. The first-order valence-corrected chi connectivity index (χ1v) is 9.01. The van der Waals surface area contributed by atoms with Crippen LogP contribution in [-0.4, -0.2) is 35.8 Å². The van der Waals surface area contributed by atoms with Crippen LogP contribution in [0.2, 0.25) is 10.0 Å². The molecule has 2 aromatic carbocycles. The van der Waals surface area contributed by atoms with Crippen LogP contribution >= 0.6 is 23.2 Å². The van der Waals surface area contributed by atoms with Crippen LogP contribution in [0.25, 0.3) is 0 Å². The molecule has 4 nitrogen and oxygen atoms in total. The normalized spacial score (nSPS) is 15.0. The van der Waals surface area contributed by atoms with E-state index in [4.69, 9.17) is 23.2 Å². The Kier molecular flexibility index (Phi) is 5.79. The van der Waals surface area contributed by atoms with E-state index in [1.54, 1.807) is 29.2 Å². The Balaban J connectivity index is 1.58. The molecule has 0 bridgehead atoms. The number of carbonyl (C=O) groups excluding carboxylic acids is 2. The highest BCUT2D eigenvalue weighted by molar-refractivity contribution is 6.33. The van der Waals surface area contributed by atoms with Crippen LogP contribution < -0.4 is 5.32 Å². The maximum Gasteiger partial charge on any atom is 0.258 e. The number of likely N-dealkylation sites (tertiary alicyclic amines) is 1. The molecule has 1 N–H and O–H groups in total. The summed E-state index contributed by atoms with van der Waals surface area (Å²) in [6, 6.07) is 10.8. The second kappa shape index (κ2) is 8.06. The Bertz CT molecular complexity index is 799. The summed E-state index contributed by atoms with van der Waals surface area (Å²) in [7, 11) is 0. The predicted octanol–water partition coefficient (Wildman–Crippen LogP) is 4.17. The third-order valence-electron chi connectivity index (χ3n) is 4.40. The van der Waals surface area contributed by atoms with E-state index in [0.717, 1.165) is 0 Å². The SMILES string of the molecule is O=C(NC1CCN(C(=O)c2c(F)cccc2Cl)CC1)c1ccc(Cl)cc1. The average Bonchev–Trinajstić information content (AvgIpc) is 2.62. The van der Waals surface area contributed by atoms with Gasteiger partial charge in [0.2, 0.25) is 0 Å². The van der Waals surface area contributed by atoms with Crippen LogP contribution in [0.3, 0.4) is 0 Å². The van der Waals surface area contributed by atoms with E-state index >= 15 is 0 Å². The van der Waals surface area contributed by atoms with Gasteiger partial charge in [-0.25, -0.2) is 4.39 Å². The van der Waals surface area contributed by atoms with Gasteiger partial charge in [-0.1, -0.05) is 29.3 Å². The highest BCUT2D eigenvalue weighted by Gasteiger charge is 2.27. The van der Waals surface area contributed by atoms with Gasteiger partial charge in [-0.2, -0.15) is 0 Å². The van der Waals surface area contributed by atoms with E-state index < -0.39 is 11.7 Å². The van der Waals surface area contributed by atoms with Crippen molar-refractivity contribution < 1.29 is 14.0 Å². The molecule has 3 rings (SSSR count). The molecular weight excluding hydrogens is 378 g/mol. The monoisotopic (exact) mass is 394 g/mol. The number of piperidine rings is 1. The Morgan fingerprint density at radius 1 is 1.04 bits per heavy atom. The molecule has 0 aromatic heterocycles. The highest BCUT2D eigenvalue weighted by Crippen LogP contribution is 2.23. The summed E-state index contributed by atoms with van der Waals surface area (Å²) < 4.78 is 13.9. The zero-order valence-electron chi connectivity index (χ0n) is 13.8. The van der Waals surface area contributed by atoms with Gasteiger partial charge < -0.3 is 10.2 Å². The smallest absolute Gasteiger partial charge is 0.258 e. The van der Waals surface area contributed by atoms with E-state index in [0.29, 0.717) is 36.5 Å². The van der Waals surface area contributed by atoms with E-state index in [1.165, 1.54) is 18.2 Å². The minimum atomic E-state index is -0.624. The Morgan fingerprint density at radius 3 is 2.31 bits per heavy atom. The number of nitrogens with zero attached hydrogens (tertiary/aromatic N) is 1. The number of hydrogen-bond donors (Lipinski definition) is 1. The molecule has 0 radical (unpaired) electrons. The second-order valence-electron chi connectivity index (χ2n) is 6.14. The molecule has 2 amide bonds. The number of benzene rings is 2. The number of amides is 2. The molecule has 2 aromatic rings. The summed E-state index contributed by atoms with van der Waals surface area (Å²) in [6.07, 6.45) is 1.19. The largest absolute Gasteiger partial charge is 0.349 e. The highest BCUT2D eigenvalue weighted by atomic mass is 35.5. The van der Waals surface area contributed by atoms with Crippen LogP contribution in [0.4, 0.5) is 4.39 Å². The van der Waals surface area contributed by atoms with E-state index in [9.17, 15) is 14.0 Å². The molecule has 1 aliphatic heterocycles. The molecule has 1 aliphatic rings. The molecule has 0 atom stereocenters. The lowest BCUT2D eigenvalue weighted by molar-refractivity contribution is 0.0694. The third kappa shape index (κ3) is 4.17. The van der Waals surface area contributed by atoms with Crippen LogP contribution in [0, 0.1) is 5.82 Å². The summed E-state index contributed by atoms with van der Waals surface area (Å²) in [6.45, 7) is 0.851. The minimum Gasteiger partial charge on any atom is -0.349 e. The van der Waals surface area contributed by atoms with Crippen molar-refractivity contribution in [2.45, 2.75) is 18.9 Å². The van der Waals surface area contributed by atoms with Crippen molar-refractivity contribution in [1.82, 2.24) is 10.2 Å². The standard InChI is InChI=1S/C19H17Cl2FN2O2/c20-13-6-4-12(5-7-13)18(25)23-14-8-10-24(11-9-14)19(26)17-15(21)2-1-3-16(17)22/h1-7,14H,8-11H2,(H,23,25). The van der Waals surface area contributed by atoms with Gasteiger partial charge in [0.05, 0.1) is 10.6 Å². The molecule has 0 aliphatic carbocycles. The van der Waals surface area contributed by atoms with Crippen molar-refractivity contribution in [3.63, 3.8) is 0 Å². The van der Waals surface area contributed by atoms with Crippen molar-refractivity contribution in [3.05, 3.63) is 69.5 Å². The van der Waals surface area contributed by atoms with Gasteiger partial charge in [0.1, 0.15) is 5.82 Å². The summed E-state index contributed by atoms with van der Waals surface area (Å²) in [5, 5.41) is 3.63. The lowest BCUT2D eigenvalue weighted by atomic mass is 10.0. The average molecular weight is 395 g/mol. The van der Waals surface area contributed by atoms with Crippen LogP contribution in [-0.2, 0) is 0 Å². The van der Waals surface area contributed by atoms with Crippen molar-refractivity contribution in [1.29, 1.82) is 0 Å². The first kappa shape index (κ1) is 18.7. The van der Waals surface area contributed by atoms with Crippen LogP contribution in [0.15, 0.2) is 42.5 Å². The van der Waals surface area contributed by atoms with Gasteiger partial charge in [-0.05, 0) is 49.2 Å². The fourth-order valence-electron chi connectivity index (χ4n) is 2.96. The zero-order chi connectivity index (χ0) is 18.7. The number of hydrogen-bond acceptors (Lipinski definition) is 2. The number of nitrogens with one attached hydrogen (secondary N) is 1. The first-order chi connectivity index (χ1) is 12.5. The molecule has 26 heavy (non-hydrogen) atoms. The van der Waals surface area contributed by atoms with Crippen molar-refractivity contribution in [2.24, 2.45) is 0 Å². The molecule has 0 unspecified atom stereocenters. The molecule has 136 valence electrons. The lowest BCUT2D eigenvalue weighted by Gasteiger charge is -2.32. The van der Waals surface area contributed by atoms with E-state index in [2.05, 4.69) is 5.32 Å². The zero-order valence-corrected chi connectivity index (χ0v) is 15.4. The maximum atomic E-state index is 13.9. The van der Waals surface area contributed by atoms with E-state index in [1.807, 2.05) is 0 Å². The molecule has 7 heteroatoms. The lowest BCUT2D eigenvalue weighted by Crippen LogP contribution is -2.46. The van der Waals surface area contributed by atoms with Crippen LogP contribution in [0.5, 0.6) is 0 Å². The molecule has 1 saturated heterocycles. The Morgan fingerprint density at radius 2 is 1.69 bits per heavy atom. The third-order valence-corrected chi connectivity index (χ3v) is 4.97. The Labute approximate surface area is 160 Å². The van der Waals surface area contributed by atoms with Gasteiger partial charge in [0.25, 0.3) is 11.8 Å². The molecular formula is C19H17Cl2FN2O2. The number of halogens is 3. The van der Waals surface area contributed by atoms with Gasteiger partial charge in [0, 0.05) is 29.7 Å². The van der Waals surface area contributed by atoms with Crippen molar-refractivity contribution in [2.75, 3.05) is 13.1 Å². The van der Waals surface area contributed by atoms with E-state index in [-0.39, 0.29) is 22.5 Å². The molecule has 1 fully saturated rings. The summed E-state index contributed by atoms with van der Waals surface area (Å²) in [4.78, 5) is 26.3. The quantitative estimate of drug-likeness (QED) is 0.848. The number of carbonyl (C=O) groups is 2. The first-order valence-electron chi connectivity index (χ1n) is 8.25. The minimum absolute atomic E-state index is 0.0432. The number of rotatable bonds is 3. The van der Waals surface area contributed by atoms with Gasteiger partial charge in [0.15, 0.2) is 0 Å². The van der Waals surface area contributed by atoms with Crippen molar-refractivity contribution in [3.8, 4) is 0 Å². The fraction of sp³-hybridized carbons (Fsp3) is 0.263. The summed E-state index contributed by atoms with van der Waals surface area (Å²) in [5.41, 5.74) is 0.434. The second-order valence-corrected chi connectivity index (χ2v) is 6.99. The van der Waals surface area contributed by atoms with Gasteiger partial charge >= 0.3 is 0 Å². The van der Waals surface area contributed by atoms with Gasteiger partial charge in [-0.15, -0.1) is 0 Å². The molecule has 1 heterocycles. The maximum absolute atomic E-state index is 13.9. The molecule has 0 spiro atoms. The Hall–Kier alpha value is -2.11. The van der Waals surface area contributed by atoms with Gasteiger partial charge in [-0.3, -0.25) is 9.59 Å². The summed E-state index contributed by atoms with van der Waals surface area (Å²) >= 11 is 11.8.